The number of nitrogens with zero attached hydrogens (tertiary/aromatic N) is 1. The lowest BCUT2D eigenvalue weighted by Crippen LogP contribution is -2.15. The molecule has 0 bridgehead atoms. The van der Waals surface area contributed by atoms with Crippen LogP contribution in [0.4, 0.5) is 11.4 Å². The monoisotopic (exact) mass is 304 g/mol. The maximum absolute atomic E-state index is 11.1. The number of hydrogen-bond acceptors (Lipinski definition) is 5. The van der Waals surface area contributed by atoms with Crippen LogP contribution < -0.4 is 10.1 Å². The molecule has 1 heterocycles. The summed E-state index contributed by atoms with van der Waals surface area (Å²) >= 11 is 1.79. The lowest BCUT2D eigenvalue weighted by molar-refractivity contribution is -0.385. The largest absolute Gasteiger partial charge is 0.490 e. The Morgan fingerprint density at radius 1 is 1.43 bits per heavy atom. The zero-order valence-corrected chi connectivity index (χ0v) is 12.5. The number of anilines is 1. The Morgan fingerprint density at radius 2 is 2.29 bits per heavy atom. The van der Waals surface area contributed by atoms with Crippen LogP contribution in [0, 0.1) is 10.1 Å². The number of fused-ring (bicyclic) bond motifs is 1. The van der Waals surface area contributed by atoms with Gasteiger partial charge in [-0.3, -0.25) is 10.1 Å². The van der Waals surface area contributed by atoms with Crippen molar-refractivity contribution in [3.63, 3.8) is 0 Å². The maximum Gasteiger partial charge on any atom is 0.312 e. The number of thiophene rings is 1. The molecule has 110 valence electrons. The maximum atomic E-state index is 11.1. The Labute approximate surface area is 126 Å². The summed E-state index contributed by atoms with van der Waals surface area (Å²) in [5.74, 6) is 0.283. The molecule has 1 atom stereocenters. The first kappa shape index (κ1) is 13.9. The highest BCUT2D eigenvalue weighted by atomic mass is 32.1. The van der Waals surface area contributed by atoms with Gasteiger partial charge in [-0.15, -0.1) is 11.3 Å². The molecule has 1 N–H and O–H groups in total. The second-order valence-electron chi connectivity index (χ2n) is 5.03. The highest BCUT2D eigenvalue weighted by Crippen LogP contribution is 2.37. The Morgan fingerprint density at radius 3 is 3.05 bits per heavy atom. The van der Waals surface area contributed by atoms with Crippen LogP contribution in [0.3, 0.4) is 0 Å². The van der Waals surface area contributed by atoms with E-state index in [1.165, 1.54) is 17.6 Å². The number of rotatable bonds is 4. The van der Waals surface area contributed by atoms with Crippen LogP contribution in [0.15, 0.2) is 29.6 Å². The van der Waals surface area contributed by atoms with Gasteiger partial charge in [-0.25, -0.2) is 0 Å². The molecule has 0 saturated carbocycles. The van der Waals surface area contributed by atoms with Gasteiger partial charge in [0.05, 0.1) is 18.1 Å². The standard InChI is InChI=1S/C15H16N2O3S/c1-20-14-6-5-10(9-13(14)17(18)19)16-12-3-2-4-15-11(12)7-8-21-15/h5-9,12,16H,2-4H2,1H3. The second-order valence-corrected chi connectivity index (χ2v) is 6.03. The molecule has 0 fully saturated rings. The van der Waals surface area contributed by atoms with Gasteiger partial charge in [0.25, 0.3) is 0 Å². The van der Waals surface area contributed by atoms with E-state index < -0.39 is 4.92 Å². The summed E-state index contributed by atoms with van der Waals surface area (Å²) < 4.78 is 5.03. The first-order chi connectivity index (χ1) is 10.2. The molecule has 6 heteroatoms. The zero-order chi connectivity index (χ0) is 14.8. The Balaban J connectivity index is 1.86. The fraction of sp³-hybridized carbons (Fsp3) is 0.333. The van der Waals surface area contributed by atoms with Crippen molar-refractivity contribution in [2.24, 2.45) is 0 Å². The van der Waals surface area contributed by atoms with E-state index >= 15 is 0 Å². The van der Waals surface area contributed by atoms with Gasteiger partial charge in [-0.2, -0.15) is 0 Å². The van der Waals surface area contributed by atoms with Crippen molar-refractivity contribution in [3.05, 3.63) is 50.2 Å². The first-order valence-corrected chi connectivity index (χ1v) is 7.72. The second kappa shape index (κ2) is 5.73. The fourth-order valence-corrected chi connectivity index (χ4v) is 3.75. The van der Waals surface area contributed by atoms with E-state index in [9.17, 15) is 10.1 Å². The van der Waals surface area contributed by atoms with Gasteiger partial charge >= 0.3 is 5.69 Å². The Hall–Kier alpha value is -2.08. The van der Waals surface area contributed by atoms with Gasteiger partial charge in [0, 0.05) is 16.6 Å². The third-order valence-electron chi connectivity index (χ3n) is 3.77. The lowest BCUT2D eigenvalue weighted by atomic mass is 9.94. The van der Waals surface area contributed by atoms with Gasteiger partial charge in [0.15, 0.2) is 5.75 Å². The van der Waals surface area contributed by atoms with Gasteiger partial charge in [-0.1, -0.05) is 0 Å². The fourth-order valence-electron chi connectivity index (χ4n) is 2.76. The molecule has 5 nitrogen and oxygen atoms in total. The SMILES string of the molecule is COc1ccc(NC2CCCc3sccc32)cc1[N+](=O)[O-]. The highest BCUT2D eigenvalue weighted by molar-refractivity contribution is 7.10. The molecule has 3 rings (SSSR count). The normalized spacial score (nSPS) is 17.1. The summed E-state index contributed by atoms with van der Waals surface area (Å²) in [6.07, 6.45) is 3.32. The van der Waals surface area contributed by atoms with Crippen molar-refractivity contribution >= 4 is 22.7 Å². The zero-order valence-electron chi connectivity index (χ0n) is 11.7. The van der Waals surface area contributed by atoms with Crippen LogP contribution >= 0.6 is 11.3 Å². The summed E-state index contributed by atoms with van der Waals surface area (Å²) in [5, 5.41) is 16.6. The molecule has 21 heavy (non-hydrogen) atoms. The third kappa shape index (κ3) is 2.71. The number of ether oxygens (including phenoxy) is 1. The van der Waals surface area contributed by atoms with Crippen molar-refractivity contribution in [3.8, 4) is 5.75 Å². The van der Waals surface area contributed by atoms with Crippen molar-refractivity contribution < 1.29 is 9.66 Å². The smallest absolute Gasteiger partial charge is 0.312 e. The van der Waals surface area contributed by atoms with Crippen LogP contribution in [-0.4, -0.2) is 12.0 Å². The Kier molecular flexibility index (Phi) is 3.79. The number of aryl methyl sites for hydroxylation is 1. The number of nitro benzene ring substituents is 1. The minimum atomic E-state index is -0.416. The predicted molar refractivity (Wildman–Crippen MR) is 83.3 cm³/mol. The highest BCUT2D eigenvalue weighted by Gasteiger charge is 2.22. The van der Waals surface area contributed by atoms with Crippen molar-refractivity contribution in [2.75, 3.05) is 12.4 Å². The molecular formula is C15H16N2O3S. The molecule has 0 saturated heterocycles. The lowest BCUT2D eigenvalue weighted by Gasteiger charge is -2.24. The number of nitro groups is 1. The molecule has 1 aliphatic rings. The van der Waals surface area contributed by atoms with Crippen LogP contribution in [-0.2, 0) is 6.42 Å². The summed E-state index contributed by atoms with van der Waals surface area (Å²) in [6.45, 7) is 0. The summed E-state index contributed by atoms with van der Waals surface area (Å²) in [6, 6.07) is 7.38. The van der Waals surface area contributed by atoms with Crippen molar-refractivity contribution in [1.82, 2.24) is 0 Å². The minimum Gasteiger partial charge on any atom is -0.490 e. The topological polar surface area (TPSA) is 64.4 Å². The van der Waals surface area contributed by atoms with Gasteiger partial charge in [0.2, 0.25) is 0 Å². The van der Waals surface area contributed by atoms with E-state index in [2.05, 4.69) is 16.8 Å². The van der Waals surface area contributed by atoms with Crippen LogP contribution in [0.1, 0.15) is 29.3 Å². The van der Waals surface area contributed by atoms with Crippen molar-refractivity contribution in [1.29, 1.82) is 0 Å². The van der Waals surface area contributed by atoms with Crippen molar-refractivity contribution in [2.45, 2.75) is 25.3 Å². The van der Waals surface area contributed by atoms with E-state index in [-0.39, 0.29) is 17.5 Å². The van der Waals surface area contributed by atoms with E-state index in [4.69, 9.17) is 4.74 Å². The van der Waals surface area contributed by atoms with Gasteiger partial charge in [-0.05, 0) is 48.4 Å². The summed E-state index contributed by atoms with van der Waals surface area (Å²) in [5.41, 5.74) is 2.07. The number of methoxy groups -OCH3 is 1. The Bertz CT molecular complexity index is 669. The van der Waals surface area contributed by atoms with E-state index in [1.54, 1.807) is 23.5 Å². The average Bonchev–Trinajstić information content (AvgIpc) is 2.96. The van der Waals surface area contributed by atoms with Crippen LogP contribution in [0.2, 0.25) is 0 Å². The molecule has 2 aromatic rings. The molecule has 0 radical (unpaired) electrons. The summed E-state index contributed by atoms with van der Waals surface area (Å²) in [4.78, 5) is 12.1. The predicted octanol–water partition coefficient (Wildman–Crippen LogP) is 4.15. The number of hydrogen-bond donors (Lipinski definition) is 1. The molecule has 1 aromatic heterocycles. The molecule has 1 unspecified atom stereocenters. The third-order valence-corrected chi connectivity index (χ3v) is 4.76. The van der Waals surface area contributed by atoms with Gasteiger partial charge in [0.1, 0.15) is 0 Å². The molecule has 0 amide bonds. The molecular weight excluding hydrogens is 288 g/mol. The van der Waals surface area contributed by atoms with E-state index in [1.807, 2.05) is 6.07 Å². The number of benzene rings is 1. The molecule has 1 aromatic carbocycles. The van der Waals surface area contributed by atoms with E-state index in [0.29, 0.717) is 0 Å². The van der Waals surface area contributed by atoms with Crippen LogP contribution in [0.5, 0.6) is 5.75 Å². The molecule has 0 spiro atoms. The van der Waals surface area contributed by atoms with E-state index in [0.717, 1.165) is 24.9 Å². The molecule has 0 aliphatic heterocycles. The number of nitrogens with one attached hydrogen (secondary N) is 1. The van der Waals surface area contributed by atoms with Gasteiger partial charge < -0.3 is 10.1 Å². The first-order valence-electron chi connectivity index (χ1n) is 6.84. The minimum absolute atomic E-state index is 0.0103. The quantitative estimate of drug-likeness (QED) is 0.680. The average molecular weight is 304 g/mol. The summed E-state index contributed by atoms with van der Waals surface area (Å²) in [7, 11) is 1.44. The molecule has 1 aliphatic carbocycles. The van der Waals surface area contributed by atoms with Crippen LogP contribution in [0.25, 0.3) is 0 Å².